The molecule has 2 aromatic rings. The summed E-state index contributed by atoms with van der Waals surface area (Å²) in [7, 11) is 1.58. The monoisotopic (exact) mass is 424 g/mol. The Bertz CT molecular complexity index is 935. The van der Waals surface area contributed by atoms with E-state index < -0.39 is 18.5 Å². The van der Waals surface area contributed by atoms with Crippen molar-refractivity contribution < 1.29 is 23.9 Å². The number of ether oxygens (including phenoxy) is 2. The molecule has 0 bridgehead atoms. The minimum atomic E-state index is -0.692. The number of rotatable bonds is 9. The zero-order valence-electron chi connectivity index (χ0n) is 18.2. The third-order valence-corrected chi connectivity index (χ3v) is 4.67. The molecule has 164 valence electrons. The van der Waals surface area contributed by atoms with Crippen molar-refractivity contribution >= 4 is 29.5 Å². The molecule has 2 aromatic carbocycles. The summed E-state index contributed by atoms with van der Waals surface area (Å²) in [5.74, 6) is -0.483. The lowest BCUT2D eigenvalue weighted by atomic mass is 10.1. The van der Waals surface area contributed by atoms with Crippen LogP contribution in [0, 0.1) is 5.92 Å². The summed E-state index contributed by atoms with van der Waals surface area (Å²) >= 11 is 0. The summed E-state index contributed by atoms with van der Waals surface area (Å²) in [5, 5.41) is 5.44. The molecule has 0 unspecified atom stereocenters. The molecular formula is C24H28N2O5. The van der Waals surface area contributed by atoms with Crippen LogP contribution in [0.5, 0.6) is 5.75 Å². The van der Waals surface area contributed by atoms with E-state index in [1.54, 1.807) is 43.5 Å². The second-order valence-electron chi connectivity index (χ2n) is 7.32. The fourth-order valence-corrected chi connectivity index (χ4v) is 2.50. The molecule has 0 aromatic heterocycles. The van der Waals surface area contributed by atoms with E-state index in [1.165, 1.54) is 12.1 Å². The lowest BCUT2D eigenvalue weighted by Gasteiger charge is -2.17. The maximum Gasteiger partial charge on any atom is 0.340 e. The van der Waals surface area contributed by atoms with Gasteiger partial charge in [-0.3, -0.25) is 9.59 Å². The molecule has 2 amide bonds. The van der Waals surface area contributed by atoms with Crippen LogP contribution in [0.4, 0.5) is 5.69 Å². The summed E-state index contributed by atoms with van der Waals surface area (Å²) in [5.41, 5.74) is 1.29. The maximum absolute atomic E-state index is 12.4. The average molecular weight is 424 g/mol. The molecule has 7 heteroatoms. The molecule has 0 spiro atoms. The van der Waals surface area contributed by atoms with E-state index in [0.29, 0.717) is 5.69 Å². The third-order valence-electron chi connectivity index (χ3n) is 4.67. The molecule has 7 nitrogen and oxygen atoms in total. The Morgan fingerprint density at radius 3 is 2.32 bits per heavy atom. The summed E-state index contributed by atoms with van der Waals surface area (Å²) in [6.45, 7) is 5.46. The van der Waals surface area contributed by atoms with Gasteiger partial charge in [-0.2, -0.15) is 0 Å². The number of hydrogen-bond donors (Lipinski definition) is 2. The molecule has 31 heavy (non-hydrogen) atoms. The van der Waals surface area contributed by atoms with E-state index in [1.807, 2.05) is 32.9 Å². The van der Waals surface area contributed by atoms with Gasteiger partial charge in [0.15, 0.2) is 6.61 Å². The first-order valence-electron chi connectivity index (χ1n) is 9.98. The number of carbonyl (C=O) groups excluding carboxylic acids is 3. The summed E-state index contributed by atoms with van der Waals surface area (Å²) in [6.07, 6.45) is 3.01. The second kappa shape index (κ2) is 11.5. The number of anilines is 1. The normalized spacial score (nSPS) is 11.8. The van der Waals surface area contributed by atoms with Crippen LogP contribution in [0.2, 0.25) is 0 Å². The number of methoxy groups -OCH3 is 1. The van der Waals surface area contributed by atoms with Crippen molar-refractivity contribution in [3.05, 3.63) is 65.7 Å². The molecule has 0 aliphatic rings. The number of para-hydroxylation sites is 1. The number of esters is 1. The van der Waals surface area contributed by atoms with Gasteiger partial charge in [0.25, 0.3) is 5.91 Å². The van der Waals surface area contributed by atoms with Crippen LogP contribution >= 0.6 is 0 Å². The first kappa shape index (κ1) is 23.7. The lowest BCUT2D eigenvalue weighted by molar-refractivity contribution is -0.125. The van der Waals surface area contributed by atoms with Crippen LogP contribution < -0.4 is 15.4 Å². The fourth-order valence-electron chi connectivity index (χ4n) is 2.50. The molecule has 0 saturated heterocycles. The molecule has 2 rings (SSSR count). The van der Waals surface area contributed by atoms with Gasteiger partial charge in [-0.25, -0.2) is 4.79 Å². The first-order valence-corrected chi connectivity index (χ1v) is 9.98. The van der Waals surface area contributed by atoms with Crippen LogP contribution in [0.25, 0.3) is 6.08 Å². The molecule has 0 saturated carbocycles. The SMILES string of the molecule is COc1ccc(/C=C/C(=O)Nc2ccccc2C(=O)OCC(=O)N[C@H](C)C(C)C)cc1. The van der Waals surface area contributed by atoms with Gasteiger partial charge in [-0.1, -0.05) is 38.1 Å². The maximum atomic E-state index is 12.4. The van der Waals surface area contributed by atoms with Gasteiger partial charge in [0.05, 0.1) is 18.4 Å². The Kier molecular flexibility index (Phi) is 8.81. The smallest absolute Gasteiger partial charge is 0.340 e. The van der Waals surface area contributed by atoms with Gasteiger partial charge in [0.2, 0.25) is 5.91 Å². The van der Waals surface area contributed by atoms with E-state index in [-0.39, 0.29) is 23.4 Å². The topological polar surface area (TPSA) is 93.7 Å². The van der Waals surface area contributed by atoms with E-state index in [4.69, 9.17) is 9.47 Å². The first-order chi connectivity index (χ1) is 14.8. The number of benzene rings is 2. The number of hydrogen-bond acceptors (Lipinski definition) is 5. The van der Waals surface area contributed by atoms with Crippen molar-refractivity contribution in [2.75, 3.05) is 19.0 Å². The summed E-state index contributed by atoms with van der Waals surface area (Å²) in [4.78, 5) is 36.7. The number of amides is 2. The van der Waals surface area contributed by atoms with E-state index in [2.05, 4.69) is 10.6 Å². The van der Waals surface area contributed by atoms with Crippen molar-refractivity contribution in [1.82, 2.24) is 5.32 Å². The van der Waals surface area contributed by atoms with Crippen LogP contribution in [-0.2, 0) is 14.3 Å². The molecule has 1 atom stereocenters. The van der Waals surface area contributed by atoms with Crippen molar-refractivity contribution in [2.45, 2.75) is 26.8 Å². The third kappa shape index (κ3) is 7.62. The van der Waals surface area contributed by atoms with Crippen LogP contribution in [0.15, 0.2) is 54.6 Å². The van der Waals surface area contributed by atoms with Crippen molar-refractivity contribution in [3.63, 3.8) is 0 Å². The lowest BCUT2D eigenvalue weighted by Crippen LogP contribution is -2.38. The van der Waals surface area contributed by atoms with E-state index >= 15 is 0 Å². The Labute approximate surface area is 182 Å². The largest absolute Gasteiger partial charge is 0.497 e. The molecule has 0 fully saturated rings. The highest BCUT2D eigenvalue weighted by Gasteiger charge is 2.16. The summed E-state index contributed by atoms with van der Waals surface area (Å²) in [6, 6.07) is 13.7. The van der Waals surface area contributed by atoms with Gasteiger partial charge >= 0.3 is 5.97 Å². The molecule has 0 heterocycles. The highest BCUT2D eigenvalue weighted by Crippen LogP contribution is 2.17. The molecular weight excluding hydrogens is 396 g/mol. The minimum absolute atomic E-state index is 0.0322. The average Bonchev–Trinajstić information content (AvgIpc) is 2.76. The van der Waals surface area contributed by atoms with Gasteiger partial charge in [0, 0.05) is 12.1 Å². The molecule has 2 N–H and O–H groups in total. The predicted octanol–water partition coefficient (Wildman–Crippen LogP) is 3.66. The van der Waals surface area contributed by atoms with Gasteiger partial charge in [-0.15, -0.1) is 0 Å². The van der Waals surface area contributed by atoms with Crippen LogP contribution in [-0.4, -0.2) is 37.5 Å². The summed E-state index contributed by atoms with van der Waals surface area (Å²) < 4.78 is 10.2. The highest BCUT2D eigenvalue weighted by atomic mass is 16.5. The quantitative estimate of drug-likeness (QED) is 0.473. The highest BCUT2D eigenvalue weighted by molar-refractivity contribution is 6.06. The molecule has 0 aliphatic carbocycles. The predicted molar refractivity (Wildman–Crippen MR) is 120 cm³/mol. The standard InChI is InChI=1S/C24H28N2O5/c1-16(2)17(3)25-23(28)15-31-24(29)20-7-5-6-8-21(20)26-22(27)14-11-18-9-12-19(30-4)13-10-18/h5-14,16-17H,15H2,1-4H3,(H,25,28)(H,26,27)/b14-11+/t17-/m1/s1. The van der Waals surface area contributed by atoms with E-state index in [0.717, 1.165) is 11.3 Å². The van der Waals surface area contributed by atoms with Crippen molar-refractivity contribution in [3.8, 4) is 5.75 Å². The Morgan fingerprint density at radius 1 is 1.00 bits per heavy atom. The van der Waals surface area contributed by atoms with Gasteiger partial charge < -0.3 is 20.1 Å². The Balaban J connectivity index is 1.97. The Morgan fingerprint density at radius 2 is 1.68 bits per heavy atom. The zero-order chi connectivity index (χ0) is 22.8. The minimum Gasteiger partial charge on any atom is -0.497 e. The van der Waals surface area contributed by atoms with Crippen LogP contribution in [0.3, 0.4) is 0 Å². The van der Waals surface area contributed by atoms with E-state index in [9.17, 15) is 14.4 Å². The van der Waals surface area contributed by atoms with Crippen LogP contribution in [0.1, 0.15) is 36.7 Å². The second-order valence-corrected chi connectivity index (χ2v) is 7.32. The zero-order valence-corrected chi connectivity index (χ0v) is 18.2. The number of nitrogens with one attached hydrogen (secondary N) is 2. The fraction of sp³-hybridized carbons (Fsp3) is 0.292. The molecule has 0 aliphatic heterocycles. The van der Waals surface area contributed by atoms with Crippen molar-refractivity contribution in [1.29, 1.82) is 0 Å². The molecule has 0 radical (unpaired) electrons. The van der Waals surface area contributed by atoms with Gasteiger partial charge in [-0.05, 0) is 48.7 Å². The number of carbonyl (C=O) groups is 3. The van der Waals surface area contributed by atoms with Crippen molar-refractivity contribution in [2.24, 2.45) is 5.92 Å². The Hall–Kier alpha value is -3.61. The van der Waals surface area contributed by atoms with Gasteiger partial charge in [0.1, 0.15) is 5.75 Å².